The Kier molecular flexibility index (Phi) is 6.75. The molecule has 126 valence electrons. The van der Waals surface area contributed by atoms with Gasteiger partial charge in [0.05, 0.1) is 6.54 Å². The van der Waals surface area contributed by atoms with Gasteiger partial charge in [-0.05, 0) is 35.7 Å². The van der Waals surface area contributed by atoms with Crippen molar-refractivity contribution in [2.24, 2.45) is 0 Å². The van der Waals surface area contributed by atoms with Gasteiger partial charge >= 0.3 is 0 Å². The third-order valence-corrected chi connectivity index (χ3v) is 4.35. The summed E-state index contributed by atoms with van der Waals surface area (Å²) in [6.45, 7) is 6.51. The van der Waals surface area contributed by atoms with Gasteiger partial charge in [0.2, 0.25) is 0 Å². The van der Waals surface area contributed by atoms with Crippen molar-refractivity contribution < 1.29 is 14.3 Å². The molecule has 1 aromatic heterocycles. The number of benzene rings is 1. The fourth-order valence-corrected chi connectivity index (χ4v) is 2.90. The molecule has 1 amide bonds. The van der Waals surface area contributed by atoms with Gasteiger partial charge in [0, 0.05) is 23.4 Å². The van der Waals surface area contributed by atoms with E-state index in [1.807, 2.05) is 24.4 Å². The van der Waals surface area contributed by atoms with Crippen LogP contribution < -0.4 is 4.74 Å². The quantitative estimate of drug-likeness (QED) is 0.512. The molecule has 2 rings (SSSR count). The Labute approximate surface area is 146 Å². The SMILES string of the molecule is C=CCN(Cc1cccs1)C(=O)COc1ccc(C(=O)CC)cc1. The Hall–Kier alpha value is -2.40. The maximum absolute atomic E-state index is 12.4. The number of rotatable bonds is 9. The number of ether oxygens (including phenoxy) is 1. The van der Waals surface area contributed by atoms with Gasteiger partial charge in [0.15, 0.2) is 12.4 Å². The molecule has 0 saturated carbocycles. The number of amides is 1. The number of nitrogens with zero attached hydrogens (tertiary/aromatic N) is 1. The topological polar surface area (TPSA) is 46.6 Å². The normalized spacial score (nSPS) is 10.2. The third kappa shape index (κ3) is 5.06. The van der Waals surface area contributed by atoms with Crippen LogP contribution in [0.25, 0.3) is 0 Å². The monoisotopic (exact) mass is 343 g/mol. The highest BCUT2D eigenvalue weighted by Gasteiger charge is 2.14. The summed E-state index contributed by atoms with van der Waals surface area (Å²) in [5.41, 5.74) is 0.655. The fraction of sp³-hybridized carbons (Fsp3) is 0.263. The van der Waals surface area contributed by atoms with E-state index in [1.165, 1.54) is 0 Å². The first-order chi connectivity index (χ1) is 11.6. The number of hydrogen-bond acceptors (Lipinski definition) is 4. The lowest BCUT2D eigenvalue weighted by molar-refractivity contribution is -0.133. The van der Waals surface area contributed by atoms with Crippen LogP contribution in [0, 0.1) is 0 Å². The van der Waals surface area contributed by atoms with Gasteiger partial charge in [-0.1, -0.05) is 19.1 Å². The Morgan fingerprint density at radius 1 is 1.25 bits per heavy atom. The average molecular weight is 343 g/mol. The maximum atomic E-state index is 12.4. The number of Topliss-reactive ketones (excluding diaryl/α,β-unsaturated/α-hetero) is 1. The molecule has 0 spiro atoms. The second-order valence-corrected chi connectivity index (χ2v) is 6.26. The second kappa shape index (κ2) is 9.03. The van der Waals surface area contributed by atoms with Gasteiger partial charge in [-0.3, -0.25) is 9.59 Å². The highest BCUT2D eigenvalue weighted by Crippen LogP contribution is 2.15. The predicted octanol–water partition coefficient (Wildman–Crippen LogP) is 3.93. The molecule has 0 aliphatic rings. The number of thiophene rings is 1. The minimum absolute atomic E-state index is 0.0414. The Morgan fingerprint density at radius 3 is 2.58 bits per heavy atom. The van der Waals surface area contributed by atoms with E-state index in [-0.39, 0.29) is 18.3 Å². The van der Waals surface area contributed by atoms with Gasteiger partial charge in [-0.2, -0.15) is 0 Å². The van der Waals surface area contributed by atoms with E-state index in [0.29, 0.717) is 30.8 Å². The molecule has 0 N–H and O–H groups in total. The molecule has 1 aromatic carbocycles. The molecule has 5 heteroatoms. The summed E-state index contributed by atoms with van der Waals surface area (Å²) in [6.07, 6.45) is 2.18. The van der Waals surface area contributed by atoms with E-state index in [1.54, 1.807) is 46.6 Å². The van der Waals surface area contributed by atoms with E-state index < -0.39 is 0 Å². The van der Waals surface area contributed by atoms with Crippen molar-refractivity contribution in [1.82, 2.24) is 4.90 Å². The highest BCUT2D eigenvalue weighted by atomic mass is 32.1. The highest BCUT2D eigenvalue weighted by molar-refractivity contribution is 7.09. The smallest absolute Gasteiger partial charge is 0.261 e. The van der Waals surface area contributed by atoms with Gasteiger partial charge in [-0.25, -0.2) is 0 Å². The summed E-state index contributed by atoms with van der Waals surface area (Å²) >= 11 is 1.61. The summed E-state index contributed by atoms with van der Waals surface area (Å²) in [5, 5.41) is 1.99. The summed E-state index contributed by atoms with van der Waals surface area (Å²) in [4.78, 5) is 26.8. The molecule has 4 nitrogen and oxygen atoms in total. The molecule has 0 fully saturated rings. The lowest BCUT2D eigenvalue weighted by Gasteiger charge is -2.20. The molecule has 0 bridgehead atoms. The van der Waals surface area contributed by atoms with Crippen molar-refractivity contribution in [2.75, 3.05) is 13.2 Å². The number of hydrogen-bond donors (Lipinski definition) is 0. The summed E-state index contributed by atoms with van der Waals surface area (Å²) in [5.74, 6) is 0.563. The van der Waals surface area contributed by atoms with E-state index in [2.05, 4.69) is 6.58 Å². The molecule has 2 aromatic rings. The number of carbonyl (C=O) groups is 2. The second-order valence-electron chi connectivity index (χ2n) is 5.23. The predicted molar refractivity (Wildman–Crippen MR) is 96.5 cm³/mol. The first-order valence-electron chi connectivity index (χ1n) is 7.81. The van der Waals surface area contributed by atoms with Gasteiger partial charge < -0.3 is 9.64 Å². The Balaban J connectivity index is 1.92. The zero-order valence-electron chi connectivity index (χ0n) is 13.7. The third-order valence-electron chi connectivity index (χ3n) is 3.49. The van der Waals surface area contributed by atoms with Crippen LogP contribution in [0.3, 0.4) is 0 Å². The summed E-state index contributed by atoms with van der Waals surface area (Å²) < 4.78 is 5.55. The van der Waals surface area contributed by atoms with Crippen molar-refractivity contribution in [1.29, 1.82) is 0 Å². The van der Waals surface area contributed by atoms with Crippen LogP contribution in [0.2, 0.25) is 0 Å². The first-order valence-corrected chi connectivity index (χ1v) is 8.69. The summed E-state index contributed by atoms with van der Waals surface area (Å²) in [7, 11) is 0. The largest absolute Gasteiger partial charge is 0.484 e. The number of ketones is 1. The van der Waals surface area contributed by atoms with Crippen molar-refractivity contribution in [3.8, 4) is 5.75 Å². The molecule has 0 saturated heterocycles. The molecule has 0 atom stereocenters. The van der Waals surface area contributed by atoms with Crippen LogP contribution in [-0.2, 0) is 11.3 Å². The van der Waals surface area contributed by atoms with Gasteiger partial charge in [0.1, 0.15) is 5.75 Å². The van der Waals surface area contributed by atoms with Crippen LogP contribution in [0.15, 0.2) is 54.4 Å². The van der Waals surface area contributed by atoms with Crippen LogP contribution in [0.5, 0.6) is 5.75 Å². The summed E-state index contributed by atoms with van der Waals surface area (Å²) in [6, 6.07) is 10.8. The maximum Gasteiger partial charge on any atom is 0.261 e. The molecular weight excluding hydrogens is 322 g/mol. The molecule has 1 heterocycles. The van der Waals surface area contributed by atoms with Crippen molar-refractivity contribution in [3.05, 3.63) is 64.9 Å². The molecular formula is C19H21NO3S. The molecule has 0 radical (unpaired) electrons. The van der Waals surface area contributed by atoms with E-state index in [0.717, 1.165) is 4.88 Å². The van der Waals surface area contributed by atoms with Gasteiger partial charge in [-0.15, -0.1) is 17.9 Å². The van der Waals surface area contributed by atoms with Crippen LogP contribution >= 0.6 is 11.3 Å². The fourth-order valence-electron chi connectivity index (χ4n) is 2.18. The minimum atomic E-state index is -0.1000. The minimum Gasteiger partial charge on any atom is -0.484 e. The Bertz CT molecular complexity index is 677. The van der Waals surface area contributed by atoms with Crippen LogP contribution in [-0.4, -0.2) is 29.7 Å². The first kappa shape index (κ1) is 17.9. The van der Waals surface area contributed by atoms with E-state index >= 15 is 0 Å². The molecule has 24 heavy (non-hydrogen) atoms. The van der Waals surface area contributed by atoms with Crippen LogP contribution in [0.1, 0.15) is 28.6 Å². The van der Waals surface area contributed by atoms with E-state index in [4.69, 9.17) is 4.74 Å². The molecule has 0 aliphatic carbocycles. The zero-order chi connectivity index (χ0) is 17.4. The van der Waals surface area contributed by atoms with Gasteiger partial charge in [0.25, 0.3) is 5.91 Å². The average Bonchev–Trinajstić information content (AvgIpc) is 3.12. The van der Waals surface area contributed by atoms with Crippen molar-refractivity contribution in [3.63, 3.8) is 0 Å². The lowest BCUT2D eigenvalue weighted by Crippen LogP contribution is -2.34. The molecule has 0 aliphatic heterocycles. The Morgan fingerprint density at radius 2 is 2.00 bits per heavy atom. The zero-order valence-corrected chi connectivity index (χ0v) is 14.6. The molecule has 0 unspecified atom stereocenters. The van der Waals surface area contributed by atoms with Crippen molar-refractivity contribution >= 4 is 23.0 Å². The lowest BCUT2D eigenvalue weighted by atomic mass is 10.1. The van der Waals surface area contributed by atoms with E-state index in [9.17, 15) is 9.59 Å². The number of carbonyl (C=O) groups excluding carboxylic acids is 2. The van der Waals surface area contributed by atoms with Crippen LogP contribution in [0.4, 0.5) is 0 Å². The van der Waals surface area contributed by atoms with Crippen molar-refractivity contribution in [2.45, 2.75) is 19.9 Å². The standard InChI is InChI=1S/C19H21NO3S/c1-3-11-20(13-17-6-5-12-24-17)19(22)14-23-16-9-7-15(8-10-16)18(21)4-2/h3,5-10,12H,1,4,11,13-14H2,2H3.